The van der Waals surface area contributed by atoms with Gasteiger partial charge in [0.05, 0.1) is 12.6 Å². The van der Waals surface area contributed by atoms with E-state index in [0.717, 1.165) is 6.42 Å². The van der Waals surface area contributed by atoms with Crippen LogP contribution in [0.3, 0.4) is 0 Å². The molecule has 0 aromatic rings. The van der Waals surface area contributed by atoms with Gasteiger partial charge in [-0.3, -0.25) is 10.1 Å². The monoisotopic (exact) mass is 220 g/mol. The summed E-state index contributed by atoms with van der Waals surface area (Å²) in [5.41, 5.74) is 0. The van der Waals surface area contributed by atoms with E-state index in [2.05, 4.69) is 5.32 Å². The van der Waals surface area contributed by atoms with Crippen LogP contribution < -0.4 is 5.32 Å². The number of alkyl halides is 2. The van der Waals surface area contributed by atoms with Crippen LogP contribution in [-0.4, -0.2) is 42.4 Å². The van der Waals surface area contributed by atoms with Gasteiger partial charge in [0, 0.05) is 19.5 Å². The Hall–Kier alpha value is -0.710. The molecule has 1 heterocycles. The van der Waals surface area contributed by atoms with E-state index >= 15 is 0 Å². The topological polar surface area (TPSA) is 32.3 Å². The molecule has 0 spiro atoms. The lowest BCUT2D eigenvalue weighted by Gasteiger charge is -2.23. The number of amides is 1. The standard InChI is InChI=1S/C10H18F2N2O/c1-3-5-14(4-2)9(15)8-6-10(11,12)7-13-8/h8,13H,3-7H2,1-2H3. The van der Waals surface area contributed by atoms with Crippen molar-refractivity contribution in [3.8, 4) is 0 Å². The molecule has 1 amide bonds. The lowest BCUT2D eigenvalue weighted by molar-refractivity contribution is -0.133. The zero-order chi connectivity index (χ0) is 11.5. The van der Waals surface area contributed by atoms with Crippen LogP contribution in [-0.2, 0) is 4.79 Å². The Morgan fingerprint density at radius 1 is 1.53 bits per heavy atom. The van der Waals surface area contributed by atoms with Gasteiger partial charge in [-0.2, -0.15) is 0 Å². The summed E-state index contributed by atoms with van der Waals surface area (Å²) in [7, 11) is 0. The number of hydrogen-bond donors (Lipinski definition) is 1. The second-order valence-corrected chi connectivity index (χ2v) is 3.91. The average Bonchev–Trinajstić information content (AvgIpc) is 2.54. The Balaban J connectivity index is 2.53. The predicted octanol–water partition coefficient (Wildman–Crippen LogP) is 1.24. The Labute approximate surface area is 88.8 Å². The molecular formula is C10H18F2N2O. The highest BCUT2D eigenvalue weighted by molar-refractivity contribution is 5.82. The molecule has 88 valence electrons. The molecule has 0 radical (unpaired) electrons. The van der Waals surface area contributed by atoms with Crippen LogP contribution in [0.5, 0.6) is 0 Å². The van der Waals surface area contributed by atoms with E-state index in [1.807, 2.05) is 13.8 Å². The molecule has 15 heavy (non-hydrogen) atoms. The van der Waals surface area contributed by atoms with Crippen molar-refractivity contribution in [2.24, 2.45) is 0 Å². The first kappa shape index (κ1) is 12.4. The van der Waals surface area contributed by atoms with Crippen LogP contribution in [0, 0.1) is 0 Å². The van der Waals surface area contributed by atoms with Gasteiger partial charge in [0.1, 0.15) is 0 Å². The Morgan fingerprint density at radius 3 is 2.60 bits per heavy atom. The van der Waals surface area contributed by atoms with Crippen LogP contribution in [0.1, 0.15) is 26.7 Å². The van der Waals surface area contributed by atoms with Gasteiger partial charge in [-0.15, -0.1) is 0 Å². The molecule has 1 aliphatic heterocycles. The third kappa shape index (κ3) is 3.12. The van der Waals surface area contributed by atoms with E-state index in [9.17, 15) is 13.6 Å². The molecule has 1 fully saturated rings. The molecular weight excluding hydrogens is 202 g/mol. The molecule has 1 aliphatic rings. The van der Waals surface area contributed by atoms with Gasteiger partial charge < -0.3 is 4.90 Å². The van der Waals surface area contributed by atoms with Gasteiger partial charge >= 0.3 is 0 Å². The number of carbonyl (C=O) groups excluding carboxylic acids is 1. The molecule has 3 nitrogen and oxygen atoms in total. The Bertz CT molecular complexity index is 233. The van der Waals surface area contributed by atoms with E-state index in [1.54, 1.807) is 4.90 Å². The molecule has 5 heteroatoms. The van der Waals surface area contributed by atoms with Gasteiger partial charge in [0.15, 0.2) is 0 Å². The number of likely N-dealkylation sites (N-methyl/N-ethyl adjacent to an activating group) is 1. The number of halogens is 2. The molecule has 1 saturated heterocycles. The lowest BCUT2D eigenvalue weighted by atomic mass is 10.1. The molecule has 1 unspecified atom stereocenters. The van der Waals surface area contributed by atoms with Crippen LogP contribution in [0.2, 0.25) is 0 Å². The maximum Gasteiger partial charge on any atom is 0.262 e. The minimum absolute atomic E-state index is 0.198. The van der Waals surface area contributed by atoms with E-state index in [1.165, 1.54) is 0 Å². The van der Waals surface area contributed by atoms with E-state index in [4.69, 9.17) is 0 Å². The molecule has 0 bridgehead atoms. The largest absolute Gasteiger partial charge is 0.342 e. The molecule has 1 atom stereocenters. The van der Waals surface area contributed by atoms with Gasteiger partial charge in [0.2, 0.25) is 5.91 Å². The van der Waals surface area contributed by atoms with Crippen molar-refractivity contribution in [3.63, 3.8) is 0 Å². The normalized spacial score (nSPS) is 24.1. The maximum atomic E-state index is 12.9. The second-order valence-electron chi connectivity index (χ2n) is 3.91. The highest BCUT2D eigenvalue weighted by Gasteiger charge is 2.43. The van der Waals surface area contributed by atoms with E-state index in [-0.39, 0.29) is 18.9 Å². The number of carbonyl (C=O) groups is 1. The van der Waals surface area contributed by atoms with Crippen LogP contribution in [0.4, 0.5) is 8.78 Å². The predicted molar refractivity (Wildman–Crippen MR) is 53.9 cm³/mol. The summed E-state index contributed by atoms with van der Waals surface area (Å²) >= 11 is 0. The first-order chi connectivity index (χ1) is 7.00. The number of hydrogen-bond acceptors (Lipinski definition) is 2. The van der Waals surface area contributed by atoms with Gasteiger partial charge in [-0.05, 0) is 13.3 Å². The van der Waals surface area contributed by atoms with Crippen molar-refractivity contribution >= 4 is 5.91 Å². The molecule has 1 rings (SSSR count). The van der Waals surface area contributed by atoms with Crippen molar-refractivity contribution < 1.29 is 13.6 Å². The molecule has 0 aromatic heterocycles. The molecule has 0 saturated carbocycles. The number of nitrogens with one attached hydrogen (secondary N) is 1. The molecule has 0 aromatic carbocycles. The first-order valence-corrected chi connectivity index (χ1v) is 5.40. The van der Waals surface area contributed by atoms with Gasteiger partial charge in [-0.1, -0.05) is 6.92 Å². The summed E-state index contributed by atoms with van der Waals surface area (Å²) in [6, 6.07) is -0.702. The van der Waals surface area contributed by atoms with Crippen LogP contribution in [0.25, 0.3) is 0 Å². The van der Waals surface area contributed by atoms with E-state index in [0.29, 0.717) is 13.1 Å². The van der Waals surface area contributed by atoms with E-state index < -0.39 is 12.0 Å². The first-order valence-electron chi connectivity index (χ1n) is 5.40. The SMILES string of the molecule is CCCN(CC)C(=O)C1CC(F)(F)CN1. The van der Waals surface area contributed by atoms with Crippen molar-refractivity contribution in [1.29, 1.82) is 0 Å². The minimum Gasteiger partial charge on any atom is -0.342 e. The summed E-state index contributed by atoms with van der Waals surface area (Å²) in [5, 5.41) is 2.58. The smallest absolute Gasteiger partial charge is 0.262 e. The zero-order valence-electron chi connectivity index (χ0n) is 9.22. The number of nitrogens with zero attached hydrogens (tertiary/aromatic N) is 1. The van der Waals surface area contributed by atoms with Crippen molar-refractivity contribution in [2.75, 3.05) is 19.6 Å². The van der Waals surface area contributed by atoms with Crippen LogP contribution in [0.15, 0.2) is 0 Å². The summed E-state index contributed by atoms with van der Waals surface area (Å²) in [5.74, 6) is -2.93. The lowest BCUT2D eigenvalue weighted by Crippen LogP contribution is -2.43. The highest BCUT2D eigenvalue weighted by Crippen LogP contribution is 2.25. The Kier molecular flexibility index (Phi) is 4.02. The molecule has 0 aliphatic carbocycles. The quantitative estimate of drug-likeness (QED) is 0.773. The van der Waals surface area contributed by atoms with Crippen molar-refractivity contribution in [1.82, 2.24) is 10.2 Å². The maximum absolute atomic E-state index is 12.9. The van der Waals surface area contributed by atoms with Gasteiger partial charge in [-0.25, -0.2) is 8.78 Å². The summed E-state index contributed by atoms with van der Waals surface area (Å²) in [4.78, 5) is 13.4. The fourth-order valence-electron chi connectivity index (χ4n) is 1.80. The van der Waals surface area contributed by atoms with Crippen LogP contribution >= 0.6 is 0 Å². The zero-order valence-corrected chi connectivity index (χ0v) is 9.22. The Morgan fingerprint density at radius 2 is 2.20 bits per heavy atom. The number of rotatable bonds is 4. The second kappa shape index (κ2) is 4.88. The van der Waals surface area contributed by atoms with Crippen molar-refractivity contribution in [3.05, 3.63) is 0 Å². The summed E-state index contributed by atoms with van der Waals surface area (Å²) in [6.45, 7) is 4.66. The fourth-order valence-corrected chi connectivity index (χ4v) is 1.80. The third-order valence-electron chi connectivity index (χ3n) is 2.59. The summed E-state index contributed by atoms with van der Waals surface area (Å²) < 4.78 is 25.7. The minimum atomic E-state index is -2.73. The summed E-state index contributed by atoms with van der Waals surface area (Å²) in [6.07, 6.45) is 0.481. The third-order valence-corrected chi connectivity index (χ3v) is 2.59. The average molecular weight is 220 g/mol. The van der Waals surface area contributed by atoms with Gasteiger partial charge in [0.25, 0.3) is 5.92 Å². The fraction of sp³-hybridized carbons (Fsp3) is 0.900. The highest BCUT2D eigenvalue weighted by atomic mass is 19.3. The molecule has 1 N–H and O–H groups in total. The van der Waals surface area contributed by atoms with Crippen molar-refractivity contribution in [2.45, 2.75) is 38.7 Å².